The molecule has 0 aromatic heterocycles. The summed E-state index contributed by atoms with van der Waals surface area (Å²) in [5.41, 5.74) is 1.67. The third-order valence-corrected chi connectivity index (χ3v) is 3.20. The molecule has 2 unspecified atom stereocenters. The summed E-state index contributed by atoms with van der Waals surface area (Å²) in [4.78, 5) is 0. The first-order valence-electron chi connectivity index (χ1n) is 4.79. The van der Waals surface area contributed by atoms with Gasteiger partial charge in [-0.15, -0.1) is 0 Å². The third kappa shape index (κ3) is 3.28. The summed E-state index contributed by atoms with van der Waals surface area (Å²) in [5, 5.41) is 27.9. The molecule has 0 aliphatic heterocycles. The lowest BCUT2D eigenvalue weighted by Gasteiger charge is -2.17. The SMILES string of the molecule is Cc1cc(C(O)C(O)CCO)ccc1Br. The fraction of sp³-hybridized carbons (Fsp3) is 0.455. The van der Waals surface area contributed by atoms with Crippen LogP contribution in [0.4, 0.5) is 0 Å². The van der Waals surface area contributed by atoms with E-state index in [4.69, 9.17) is 5.11 Å². The Morgan fingerprint density at radius 1 is 1.33 bits per heavy atom. The number of benzene rings is 1. The highest BCUT2D eigenvalue weighted by atomic mass is 79.9. The Balaban J connectivity index is 2.81. The van der Waals surface area contributed by atoms with Crippen LogP contribution < -0.4 is 0 Å². The first kappa shape index (κ1) is 12.6. The number of hydrogen-bond donors (Lipinski definition) is 3. The molecule has 0 amide bonds. The largest absolute Gasteiger partial charge is 0.396 e. The molecule has 4 heteroatoms. The average Bonchev–Trinajstić information content (AvgIpc) is 2.21. The summed E-state index contributed by atoms with van der Waals surface area (Å²) in [6.45, 7) is 1.78. The van der Waals surface area contributed by atoms with Gasteiger partial charge in [-0.2, -0.15) is 0 Å². The van der Waals surface area contributed by atoms with Gasteiger partial charge in [-0.1, -0.05) is 28.1 Å². The molecule has 0 aliphatic rings. The zero-order valence-electron chi connectivity index (χ0n) is 8.52. The molecule has 0 radical (unpaired) electrons. The zero-order valence-corrected chi connectivity index (χ0v) is 10.1. The van der Waals surface area contributed by atoms with Crippen molar-refractivity contribution in [3.05, 3.63) is 33.8 Å². The monoisotopic (exact) mass is 274 g/mol. The number of aryl methyl sites for hydroxylation is 1. The second-order valence-electron chi connectivity index (χ2n) is 3.53. The molecule has 0 spiro atoms. The molecule has 0 fully saturated rings. The minimum Gasteiger partial charge on any atom is -0.396 e. The maximum atomic E-state index is 9.76. The normalized spacial score (nSPS) is 15.0. The number of aliphatic hydroxyl groups is 3. The smallest absolute Gasteiger partial charge is 0.105 e. The Bertz CT molecular complexity index is 328. The highest BCUT2D eigenvalue weighted by Crippen LogP contribution is 2.24. The van der Waals surface area contributed by atoms with Crippen molar-refractivity contribution >= 4 is 15.9 Å². The minimum atomic E-state index is -0.941. The van der Waals surface area contributed by atoms with E-state index in [2.05, 4.69) is 15.9 Å². The summed E-state index contributed by atoms with van der Waals surface area (Å²) >= 11 is 3.36. The van der Waals surface area contributed by atoms with Gasteiger partial charge in [-0.05, 0) is 30.5 Å². The van der Waals surface area contributed by atoms with Gasteiger partial charge >= 0.3 is 0 Å². The fourth-order valence-corrected chi connectivity index (χ4v) is 1.61. The van der Waals surface area contributed by atoms with Crippen molar-refractivity contribution < 1.29 is 15.3 Å². The molecule has 1 rings (SSSR count). The first-order valence-corrected chi connectivity index (χ1v) is 5.58. The second-order valence-corrected chi connectivity index (χ2v) is 4.39. The van der Waals surface area contributed by atoms with Crippen LogP contribution in [0.15, 0.2) is 22.7 Å². The number of rotatable bonds is 4. The predicted molar refractivity (Wildman–Crippen MR) is 61.5 cm³/mol. The van der Waals surface area contributed by atoms with Crippen LogP contribution >= 0.6 is 15.9 Å². The van der Waals surface area contributed by atoms with E-state index in [1.807, 2.05) is 19.1 Å². The lowest BCUT2D eigenvalue weighted by molar-refractivity contribution is 0.00419. The molecule has 0 bridgehead atoms. The number of aliphatic hydroxyl groups excluding tert-OH is 3. The van der Waals surface area contributed by atoms with Crippen LogP contribution in [0.25, 0.3) is 0 Å². The molecule has 2 atom stereocenters. The Labute approximate surface area is 97.5 Å². The summed E-state index contributed by atoms with van der Waals surface area (Å²) in [6.07, 6.45) is -1.68. The lowest BCUT2D eigenvalue weighted by atomic mass is 10.0. The molecule has 0 heterocycles. The highest BCUT2D eigenvalue weighted by molar-refractivity contribution is 9.10. The van der Waals surface area contributed by atoms with E-state index >= 15 is 0 Å². The summed E-state index contributed by atoms with van der Waals surface area (Å²) in [7, 11) is 0. The Morgan fingerprint density at radius 3 is 2.53 bits per heavy atom. The van der Waals surface area contributed by atoms with Crippen molar-refractivity contribution in [1.29, 1.82) is 0 Å². The van der Waals surface area contributed by atoms with Crippen molar-refractivity contribution in [1.82, 2.24) is 0 Å². The molecule has 1 aromatic rings. The molecule has 0 aliphatic carbocycles. The Hall–Kier alpha value is -0.420. The summed E-state index contributed by atoms with van der Waals surface area (Å²) < 4.78 is 0.968. The molecule has 84 valence electrons. The zero-order chi connectivity index (χ0) is 11.4. The van der Waals surface area contributed by atoms with Crippen LogP contribution in [0.3, 0.4) is 0 Å². The molecule has 1 aromatic carbocycles. The van der Waals surface area contributed by atoms with Crippen molar-refractivity contribution in [2.24, 2.45) is 0 Å². The van der Waals surface area contributed by atoms with Crippen molar-refractivity contribution in [3.63, 3.8) is 0 Å². The third-order valence-electron chi connectivity index (χ3n) is 2.31. The van der Waals surface area contributed by atoms with Crippen molar-refractivity contribution in [2.45, 2.75) is 25.6 Å². The van der Waals surface area contributed by atoms with Gasteiger partial charge in [-0.3, -0.25) is 0 Å². The van der Waals surface area contributed by atoms with Gasteiger partial charge < -0.3 is 15.3 Å². The molecule has 15 heavy (non-hydrogen) atoms. The summed E-state index contributed by atoms with van der Waals surface area (Å²) in [5.74, 6) is 0. The highest BCUT2D eigenvalue weighted by Gasteiger charge is 2.17. The maximum absolute atomic E-state index is 9.76. The second kappa shape index (κ2) is 5.61. The van der Waals surface area contributed by atoms with Gasteiger partial charge in [0.05, 0.1) is 6.10 Å². The van der Waals surface area contributed by atoms with Gasteiger partial charge in [0.1, 0.15) is 6.10 Å². The topological polar surface area (TPSA) is 60.7 Å². The Kier molecular flexibility index (Phi) is 4.73. The van der Waals surface area contributed by atoms with Gasteiger partial charge in [-0.25, -0.2) is 0 Å². The molecule has 3 nitrogen and oxygen atoms in total. The van der Waals surface area contributed by atoms with Crippen LogP contribution in [-0.2, 0) is 0 Å². The average molecular weight is 275 g/mol. The van der Waals surface area contributed by atoms with Crippen molar-refractivity contribution in [2.75, 3.05) is 6.61 Å². The molecular formula is C11H15BrO3. The van der Waals surface area contributed by atoms with E-state index in [1.165, 1.54) is 0 Å². The number of hydrogen-bond acceptors (Lipinski definition) is 3. The standard InChI is InChI=1S/C11H15BrO3/c1-7-6-8(2-3-9(7)12)11(15)10(14)4-5-13/h2-3,6,10-11,13-15H,4-5H2,1H3. The Morgan fingerprint density at radius 2 is 2.00 bits per heavy atom. The molecule has 0 saturated carbocycles. The van der Waals surface area contributed by atoms with Crippen molar-refractivity contribution in [3.8, 4) is 0 Å². The van der Waals surface area contributed by atoms with E-state index in [-0.39, 0.29) is 13.0 Å². The van der Waals surface area contributed by atoms with E-state index in [0.717, 1.165) is 10.0 Å². The van der Waals surface area contributed by atoms with Gasteiger partial charge in [0.15, 0.2) is 0 Å². The van der Waals surface area contributed by atoms with Crippen LogP contribution in [0.2, 0.25) is 0 Å². The maximum Gasteiger partial charge on any atom is 0.105 e. The first-order chi connectivity index (χ1) is 7.06. The number of halogens is 1. The van der Waals surface area contributed by atoms with E-state index in [9.17, 15) is 10.2 Å². The van der Waals surface area contributed by atoms with Crippen LogP contribution in [0, 0.1) is 6.92 Å². The van der Waals surface area contributed by atoms with E-state index in [0.29, 0.717) is 5.56 Å². The van der Waals surface area contributed by atoms with Gasteiger partial charge in [0.2, 0.25) is 0 Å². The van der Waals surface area contributed by atoms with Gasteiger partial charge in [0, 0.05) is 11.1 Å². The van der Waals surface area contributed by atoms with Gasteiger partial charge in [0.25, 0.3) is 0 Å². The predicted octanol–water partition coefficient (Wildman–Crippen LogP) is 1.53. The van der Waals surface area contributed by atoms with E-state index < -0.39 is 12.2 Å². The minimum absolute atomic E-state index is 0.131. The van der Waals surface area contributed by atoms with Crippen LogP contribution in [0.5, 0.6) is 0 Å². The van der Waals surface area contributed by atoms with Crippen LogP contribution in [-0.4, -0.2) is 28.0 Å². The molecular weight excluding hydrogens is 260 g/mol. The van der Waals surface area contributed by atoms with E-state index in [1.54, 1.807) is 6.07 Å². The lowest BCUT2D eigenvalue weighted by Crippen LogP contribution is -2.19. The molecule has 0 saturated heterocycles. The summed E-state index contributed by atoms with van der Waals surface area (Å²) in [6, 6.07) is 5.40. The molecule has 3 N–H and O–H groups in total. The quantitative estimate of drug-likeness (QED) is 0.781. The van der Waals surface area contributed by atoms with Crippen LogP contribution in [0.1, 0.15) is 23.7 Å². The fourth-order valence-electron chi connectivity index (χ4n) is 1.36.